The summed E-state index contributed by atoms with van der Waals surface area (Å²) in [6.07, 6.45) is 0. The van der Waals surface area contributed by atoms with E-state index >= 15 is 0 Å². The minimum Gasteiger partial charge on any atom is -0.461 e. The number of hydrogen-bond donors (Lipinski definition) is 1. The first-order valence-corrected chi connectivity index (χ1v) is 6.54. The zero-order chi connectivity index (χ0) is 12.7. The molecule has 1 N–H and O–H groups in total. The van der Waals surface area contributed by atoms with E-state index in [0.717, 1.165) is 16.6 Å². The third-order valence-electron chi connectivity index (χ3n) is 2.37. The van der Waals surface area contributed by atoms with Crippen LogP contribution in [-0.4, -0.2) is 19.1 Å². The van der Waals surface area contributed by atoms with E-state index in [1.807, 2.05) is 38.1 Å². The van der Waals surface area contributed by atoms with Crippen LogP contribution in [0.3, 0.4) is 0 Å². The van der Waals surface area contributed by atoms with Crippen molar-refractivity contribution in [1.82, 2.24) is 5.32 Å². The van der Waals surface area contributed by atoms with Crippen LogP contribution in [0.4, 0.5) is 0 Å². The Balaban J connectivity index is 2.37. The lowest BCUT2D eigenvalue weighted by Gasteiger charge is -2.11. The molecule has 0 heterocycles. The van der Waals surface area contributed by atoms with Crippen LogP contribution in [0.5, 0.6) is 0 Å². The van der Waals surface area contributed by atoms with Gasteiger partial charge in [0.2, 0.25) is 0 Å². The zero-order valence-electron chi connectivity index (χ0n) is 10.2. The van der Waals surface area contributed by atoms with E-state index in [4.69, 9.17) is 4.74 Å². The molecule has 1 aromatic carbocycles. The fourth-order valence-electron chi connectivity index (χ4n) is 1.37. The summed E-state index contributed by atoms with van der Waals surface area (Å²) in [5.74, 6) is -0.270. The molecule has 0 aliphatic carbocycles. The summed E-state index contributed by atoms with van der Waals surface area (Å²) in [6.45, 7) is 5.73. The van der Waals surface area contributed by atoms with Gasteiger partial charge in [-0.25, -0.2) is 0 Å². The molecule has 0 aliphatic heterocycles. The highest BCUT2D eigenvalue weighted by atomic mass is 79.9. The summed E-state index contributed by atoms with van der Waals surface area (Å²) in [5.41, 5.74) is 0.989. The summed E-state index contributed by atoms with van der Waals surface area (Å²) in [6, 6.07) is 7.75. The molecule has 17 heavy (non-hydrogen) atoms. The van der Waals surface area contributed by atoms with Crippen LogP contribution in [0.25, 0.3) is 0 Å². The van der Waals surface area contributed by atoms with Crippen molar-refractivity contribution in [3.05, 3.63) is 34.3 Å². The average Bonchev–Trinajstić information content (AvgIpc) is 2.33. The summed E-state index contributed by atoms with van der Waals surface area (Å²) in [4.78, 5) is 11.6. The van der Waals surface area contributed by atoms with Gasteiger partial charge >= 0.3 is 5.97 Å². The molecule has 0 aromatic heterocycles. The lowest BCUT2D eigenvalue weighted by molar-refractivity contribution is -0.149. The average molecular weight is 300 g/mol. The van der Waals surface area contributed by atoms with E-state index in [0.29, 0.717) is 13.2 Å². The molecule has 3 nitrogen and oxygen atoms in total. The van der Waals surface area contributed by atoms with Crippen LogP contribution < -0.4 is 5.32 Å². The van der Waals surface area contributed by atoms with Gasteiger partial charge in [-0.05, 0) is 24.2 Å². The summed E-state index contributed by atoms with van der Waals surface area (Å²) >= 11 is 3.38. The zero-order valence-corrected chi connectivity index (χ0v) is 11.8. The van der Waals surface area contributed by atoms with E-state index in [2.05, 4.69) is 21.2 Å². The monoisotopic (exact) mass is 299 g/mol. The Morgan fingerprint density at radius 1 is 1.53 bits per heavy atom. The first-order valence-electron chi connectivity index (χ1n) is 5.75. The maximum absolute atomic E-state index is 11.6. The molecule has 1 aromatic rings. The van der Waals surface area contributed by atoms with Gasteiger partial charge in [-0.3, -0.25) is 4.79 Å². The topological polar surface area (TPSA) is 38.3 Å². The fourth-order valence-corrected chi connectivity index (χ4v) is 1.81. The van der Waals surface area contributed by atoms with Crippen molar-refractivity contribution in [2.45, 2.75) is 20.5 Å². The molecular weight excluding hydrogens is 282 g/mol. The van der Waals surface area contributed by atoms with E-state index in [-0.39, 0.29) is 11.9 Å². The molecule has 4 heteroatoms. The number of nitrogens with one attached hydrogen (secondary N) is 1. The van der Waals surface area contributed by atoms with Gasteiger partial charge in [0.15, 0.2) is 0 Å². The van der Waals surface area contributed by atoms with Gasteiger partial charge in [0, 0.05) is 11.0 Å². The van der Waals surface area contributed by atoms with Gasteiger partial charge in [0.1, 0.15) is 6.61 Å². The van der Waals surface area contributed by atoms with E-state index in [9.17, 15) is 4.79 Å². The number of carbonyl (C=O) groups excluding carboxylic acids is 1. The smallest absolute Gasteiger partial charge is 0.310 e. The molecule has 0 saturated carbocycles. The van der Waals surface area contributed by atoms with Gasteiger partial charge < -0.3 is 10.1 Å². The van der Waals surface area contributed by atoms with Crippen molar-refractivity contribution < 1.29 is 9.53 Å². The van der Waals surface area contributed by atoms with Gasteiger partial charge in [0.25, 0.3) is 0 Å². The second kappa shape index (κ2) is 7.45. The number of rotatable bonds is 6. The molecule has 1 unspecified atom stereocenters. The quantitative estimate of drug-likeness (QED) is 0.821. The van der Waals surface area contributed by atoms with Crippen molar-refractivity contribution in [3.8, 4) is 0 Å². The van der Waals surface area contributed by atoms with Crippen LogP contribution in [0.1, 0.15) is 19.4 Å². The predicted molar refractivity (Wildman–Crippen MR) is 71.6 cm³/mol. The molecule has 0 saturated heterocycles. The van der Waals surface area contributed by atoms with Crippen molar-refractivity contribution >= 4 is 21.9 Å². The SMILES string of the molecule is CCNCC(C)C(=O)OCc1cccc(Br)c1. The highest BCUT2D eigenvalue weighted by Crippen LogP contribution is 2.12. The third-order valence-corrected chi connectivity index (χ3v) is 2.87. The minimum absolute atomic E-state index is 0.109. The number of esters is 1. The number of benzene rings is 1. The molecule has 0 fully saturated rings. The number of carbonyl (C=O) groups is 1. The van der Waals surface area contributed by atoms with Gasteiger partial charge in [-0.1, -0.05) is 41.9 Å². The summed E-state index contributed by atoms with van der Waals surface area (Å²) in [7, 11) is 0. The summed E-state index contributed by atoms with van der Waals surface area (Å²) in [5, 5.41) is 3.13. The maximum Gasteiger partial charge on any atom is 0.310 e. The van der Waals surface area contributed by atoms with Gasteiger partial charge in [0.05, 0.1) is 5.92 Å². The Kier molecular flexibility index (Phi) is 6.22. The highest BCUT2D eigenvalue weighted by Gasteiger charge is 2.13. The standard InChI is InChI=1S/C13H18BrNO2/c1-3-15-8-10(2)13(16)17-9-11-5-4-6-12(14)7-11/h4-7,10,15H,3,8-9H2,1-2H3. The fraction of sp³-hybridized carbons (Fsp3) is 0.462. The Morgan fingerprint density at radius 2 is 2.29 bits per heavy atom. The number of halogens is 1. The Labute approximate surface area is 111 Å². The number of ether oxygens (including phenoxy) is 1. The van der Waals surface area contributed by atoms with E-state index < -0.39 is 0 Å². The normalized spacial score (nSPS) is 12.2. The van der Waals surface area contributed by atoms with Crippen molar-refractivity contribution in [2.24, 2.45) is 5.92 Å². The first kappa shape index (κ1) is 14.2. The molecule has 0 amide bonds. The predicted octanol–water partition coefficient (Wildman–Crippen LogP) is 2.74. The Bertz CT molecular complexity index is 368. The molecule has 0 bridgehead atoms. The number of hydrogen-bond acceptors (Lipinski definition) is 3. The van der Waals surface area contributed by atoms with Crippen molar-refractivity contribution in [3.63, 3.8) is 0 Å². The first-order chi connectivity index (χ1) is 8.13. The van der Waals surface area contributed by atoms with E-state index in [1.165, 1.54) is 0 Å². The van der Waals surface area contributed by atoms with Crippen LogP contribution in [0, 0.1) is 5.92 Å². The minimum atomic E-state index is -0.161. The van der Waals surface area contributed by atoms with Gasteiger partial charge in [-0.15, -0.1) is 0 Å². The Morgan fingerprint density at radius 3 is 2.94 bits per heavy atom. The molecule has 1 rings (SSSR count). The van der Waals surface area contributed by atoms with E-state index in [1.54, 1.807) is 0 Å². The lowest BCUT2D eigenvalue weighted by atomic mass is 10.2. The third kappa shape index (κ3) is 5.33. The Hall–Kier alpha value is -0.870. The molecule has 94 valence electrons. The van der Waals surface area contributed by atoms with Crippen LogP contribution >= 0.6 is 15.9 Å². The van der Waals surface area contributed by atoms with Gasteiger partial charge in [-0.2, -0.15) is 0 Å². The molecule has 1 atom stereocenters. The largest absolute Gasteiger partial charge is 0.461 e. The molecule has 0 radical (unpaired) electrons. The second-order valence-electron chi connectivity index (χ2n) is 3.95. The molecule has 0 aliphatic rings. The summed E-state index contributed by atoms with van der Waals surface area (Å²) < 4.78 is 6.23. The maximum atomic E-state index is 11.6. The lowest BCUT2D eigenvalue weighted by Crippen LogP contribution is -2.27. The van der Waals surface area contributed by atoms with Crippen LogP contribution in [0.15, 0.2) is 28.7 Å². The molecular formula is C13H18BrNO2. The molecule has 0 spiro atoms. The van der Waals surface area contributed by atoms with Crippen molar-refractivity contribution in [1.29, 1.82) is 0 Å². The van der Waals surface area contributed by atoms with Crippen LogP contribution in [-0.2, 0) is 16.1 Å². The highest BCUT2D eigenvalue weighted by molar-refractivity contribution is 9.10. The van der Waals surface area contributed by atoms with Crippen molar-refractivity contribution in [2.75, 3.05) is 13.1 Å². The van der Waals surface area contributed by atoms with Crippen LogP contribution in [0.2, 0.25) is 0 Å². The second-order valence-corrected chi connectivity index (χ2v) is 4.86.